The minimum Gasteiger partial charge on any atom is -0.359 e. The van der Waals surface area contributed by atoms with Crippen molar-refractivity contribution >= 4 is 33.4 Å². The second kappa shape index (κ2) is 7.00. The van der Waals surface area contributed by atoms with E-state index in [1.807, 2.05) is 24.8 Å². The molecule has 3 heteroatoms. The van der Waals surface area contributed by atoms with E-state index in [1.165, 1.54) is 16.0 Å². The van der Waals surface area contributed by atoms with E-state index in [4.69, 9.17) is 0 Å². The van der Waals surface area contributed by atoms with E-state index in [0.717, 1.165) is 21.6 Å². The van der Waals surface area contributed by atoms with E-state index >= 15 is 0 Å². The third-order valence-corrected chi connectivity index (χ3v) is 5.06. The average molecular weight is 348 g/mol. The first kappa shape index (κ1) is 15.2. The number of thioether (sulfide) groups is 1. The zero-order valence-electron chi connectivity index (χ0n) is 11.7. The van der Waals surface area contributed by atoms with Crippen LogP contribution in [0.3, 0.4) is 0 Å². The minimum atomic E-state index is 0.945. The van der Waals surface area contributed by atoms with Crippen molar-refractivity contribution in [3.8, 4) is 0 Å². The number of hydrogen-bond donors (Lipinski definition) is 1. The number of rotatable bonds is 5. The van der Waals surface area contributed by atoms with Crippen LogP contribution >= 0.6 is 27.7 Å². The van der Waals surface area contributed by atoms with Crippen LogP contribution < -0.4 is 5.32 Å². The van der Waals surface area contributed by atoms with Gasteiger partial charge in [0, 0.05) is 20.8 Å². The molecule has 0 unspecified atom stereocenters. The Bertz CT molecular complexity index is 622. The summed E-state index contributed by atoms with van der Waals surface area (Å²) >= 11 is 5.47. The number of benzene rings is 2. The van der Waals surface area contributed by atoms with Gasteiger partial charge in [-0.1, -0.05) is 36.9 Å². The van der Waals surface area contributed by atoms with E-state index < -0.39 is 0 Å². The summed E-state index contributed by atoms with van der Waals surface area (Å²) in [4.78, 5) is 1.22. The molecule has 1 nitrogen and oxygen atoms in total. The van der Waals surface area contributed by atoms with Crippen molar-refractivity contribution in [1.29, 1.82) is 0 Å². The maximum Gasteiger partial charge on any atom is 0.0531 e. The van der Waals surface area contributed by atoms with Crippen molar-refractivity contribution < 1.29 is 0 Å². The Kier molecular flexibility index (Phi) is 5.32. The largest absolute Gasteiger partial charge is 0.359 e. The molecule has 0 aliphatic carbocycles. The molecule has 2 rings (SSSR count). The highest BCUT2D eigenvalue weighted by Crippen LogP contribution is 2.37. The molecule has 0 atom stereocenters. The molecule has 0 aromatic heterocycles. The Morgan fingerprint density at radius 3 is 2.65 bits per heavy atom. The molecule has 0 radical (unpaired) electrons. The normalized spacial score (nSPS) is 10.3. The fourth-order valence-electron chi connectivity index (χ4n) is 1.91. The van der Waals surface area contributed by atoms with Crippen molar-refractivity contribution in [3.63, 3.8) is 0 Å². The first-order valence-electron chi connectivity index (χ1n) is 6.46. The van der Waals surface area contributed by atoms with Crippen LogP contribution in [0.5, 0.6) is 0 Å². The van der Waals surface area contributed by atoms with Crippen molar-refractivity contribution in [2.75, 3.05) is 5.32 Å². The van der Waals surface area contributed by atoms with Gasteiger partial charge in [0.2, 0.25) is 0 Å². The highest BCUT2D eigenvalue weighted by atomic mass is 79.9. The molecule has 0 saturated carbocycles. The monoisotopic (exact) mass is 347 g/mol. The fraction of sp³-hybridized carbons (Fsp3) is 0.176. The van der Waals surface area contributed by atoms with Gasteiger partial charge in [-0.25, -0.2) is 0 Å². The zero-order valence-corrected chi connectivity index (χ0v) is 14.1. The zero-order chi connectivity index (χ0) is 14.5. The van der Waals surface area contributed by atoms with E-state index in [9.17, 15) is 0 Å². The number of anilines is 1. The topological polar surface area (TPSA) is 12.0 Å². The molecule has 0 spiro atoms. The van der Waals surface area contributed by atoms with Gasteiger partial charge in [0.25, 0.3) is 0 Å². The van der Waals surface area contributed by atoms with Gasteiger partial charge in [-0.2, -0.15) is 0 Å². The van der Waals surface area contributed by atoms with Gasteiger partial charge >= 0.3 is 0 Å². The molecule has 104 valence electrons. The van der Waals surface area contributed by atoms with E-state index in [-0.39, 0.29) is 0 Å². The number of nitrogens with one attached hydrogen (secondary N) is 1. The lowest BCUT2D eigenvalue weighted by atomic mass is 10.1. The smallest absolute Gasteiger partial charge is 0.0531 e. The van der Waals surface area contributed by atoms with Gasteiger partial charge in [0.1, 0.15) is 0 Å². The Morgan fingerprint density at radius 1 is 1.20 bits per heavy atom. The third-order valence-electron chi connectivity index (χ3n) is 2.95. The molecule has 0 amide bonds. The van der Waals surface area contributed by atoms with Gasteiger partial charge in [-0.3, -0.25) is 0 Å². The lowest BCUT2D eigenvalue weighted by Crippen LogP contribution is -1.96. The molecule has 0 aliphatic rings. The average Bonchev–Trinajstić information content (AvgIpc) is 2.39. The molecule has 0 bridgehead atoms. The predicted molar refractivity (Wildman–Crippen MR) is 93.3 cm³/mol. The van der Waals surface area contributed by atoms with Crippen LogP contribution in [0.25, 0.3) is 0 Å². The Hall–Kier alpha value is -1.19. The summed E-state index contributed by atoms with van der Waals surface area (Å²) in [6.07, 6.45) is 0. The van der Waals surface area contributed by atoms with Crippen molar-refractivity contribution in [1.82, 2.24) is 0 Å². The molecule has 1 N–H and O–H groups in total. The number of allylic oxidation sites excluding steroid dienone is 1. The molecule has 0 fully saturated rings. The second-order valence-electron chi connectivity index (χ2n) is 4.74. The standard InChI is InChI=1S/C17H18BrNS/c1-12(2)19-16-10-6-9-15(18)17(16)20-11-14-8-5-4-7-13(14)3/h4-10,19H,1,11H2,2-3H3. The van der Waals surface area contributed by atoms with Crippen LogP contribution in [0.15, 0.2) is 64.1 Å². The van der Waals surface area contributed by atoms with E-state index in [0.29, 0.717) is 0 Å². The van der Waals surface area contributed by atoms with Crippen LogP contribution in [-0.2, 0) is 5.75 Å². The first-order chi connectivity index (χ1) is 9.58. The Balaban J connectivity index is 2.20. The summed E-state index contributed by atoms with van der Waals surface area (Å²) in [6.45, 7) is 8.04. The maximum atomic E-state index is 3.92. The molecule has 2 aromatic rings. The van der Waals surface area contributed by atoms with Crippen LogP contribution in [0.2, 0.25) is 0 Å². The molecule has 2 aromatic carbocycles. The molecular formula is C17H18BrNS. The van der Waals surface area contributed by atoms with Crippen molar-refractivity contribution in [2.24, 2.45) is 0 Å². The summed E-state index contributed by atoms with van der Waals surface area (Å²) in [6, 6.07) is 14.7. The maximum absolute atomic E-state index is 3.92. The number of aryl methyl sites for hydroxylation is 1. The SMILES string of the molecule is C=C(C)Nc1cccc(Br)c1SCc1ccccc1C. The lowest BCUT2D eigenvalue weighted by molar-refractivity contribution is 1.28. The van der Waals surface area contributed by atoms with Crippen molar-refractivity contribution in [2.45, 2.75) is 24.5 Å². The molecule has 20 heavy (non-hydrogen) atoms. The summed E-state index contributed by atoms with van der Waals surface area (Å²) in [5.41, 5.74) is 4.75. The van der Waals surface area contributed by atoms with Gasteiger partial charge in [0.15, 0.2) is 0 Å². The van der Waals surface area contributed by atoms with Gasteiger partial charge in [-0.05, 0) is 53.0 Å². The first-order valence-corrected chi connectivity index (χ1v) is 8.24. The van der Waals surface area contributed by atoms with E-state index in [2.05, 4.69) is 71.1 Å². The molecular weight excluding hydrogens is 330 g/mol. The van der Waals surface area contributed by atoms with Crippen LogP contribution in [0, 0.1) is 6.92 Å². The van der Waals surface area contributed by atoms with Gasteiger partial charge in [0.05, 0.1) is 5.69 Å². The van der Waals surface area contributed by atoms with Gasteiger partial charge in [-0.15, -0.1) is 11.8 Å². The quantitative estimate of drug-likeness (QED) is 0.666. The van der Waals surface area contributed by atoms with Crippen LogP contribution in [0.1, 0.15) is 18.1 Å². The highest BCUT2D eigenvalue weighted by molar-refractivity contribution is 9.10. The summed E-state index contributed by atoms with van der Waals surface area (Å²) in [5.74, 6) is 0.958. The summed E-state index contributed by atoms with van der Waals surface area (Å²) in [7, 11) is 0. The Morgan fingerprint density at radius 2 is 1.95 bits per heavy atom. The van der Waals surface area contributed by atoms with Crippen molar-refractivity contribution in [3.05, 3.63) is 70.3 Å². The highest BCUT2D eigenvalue weighted by Gasteiger charge is 2.08. The molecule has 0 aliphatic heterocycles. The molecule has 0 heterocycles. The third kappa shape index (κ3) is 3.90. The second-order valence-corrected chi connectivity index (χ2v) is 6.58. The summed E-state index contributed by atoms with van der Waals surface area (Å²) < 4.78 is 1.11. The summed E-state index contributed by atoms with van der Waals surface area (Å²) in [5, 5.41) is 3.32. The number of halogens is 1. The van der Waals surface area contributed by atoms with Gasteiger partial charge < -0.3 is 5.32 Å². The number of hydrogen-bond acceptors (Lipinski definition) is 2. The van der Waals surface area contributed by atoms with Crippen LogP contribution in [-0.4, -0.2) is 0 Å². The minimum absolute atomic E-state index is 0.945. The predicted octanol–water partition coefficient (Wildman–Crippen LogP) is 6.00. The Labute approximate surface area is 133 Å². The van der Waals surface area contributed by atoms with E-state index in [1.54, 1.807) is 0 Å². The molecule has 0 saturated heterocycles. The lowest BCUT2D eigenvalue weighted by Gasteiger charge is -2.14. The fourth-order valence-corrected chi connectivity index (χ4v) is 3.72. The van der Waals surface area contributed by atoms with Crippen LogP contribution in [0.4, 0.5) is 5.69 Å².